The molecule has 1 atom stereocenters. The van der Waals surface area contributed by atoms with Crippen LogP contribution in [0.25, 0.3) is 0 Å². The Morgan fingerprint density at radius 2 is 2.25 bits per heavy atom. The van der Waals surface area contributed by atoms with Crippen molar-refractivity contribution < 1.29 is 13.2 Å². The van der Waals surface area contributed by atoms with Crippen LogP contribution >= 0.6 is 0 Å². The molecule has 0 bridgehead atoms. The molecule has 20 heavy (non-hydrogen) atoms. The molecule has 1 aliphatic rings. The Morgan fingerprint density at radius 1 is 1.50 bits per heavy atom. The van der Waals surface area contributed by atoms with Crippen molar-refractivity contribution in [2.24, 2.45) is 0 Å². The second kappa shape index (κ2) is 5.99. The minimum absolute atomic E-state index is 0.221. The summed E-state index contributed by atoms with van der Waals surface area (Å²) in [6, 6.07) is 5.02. The number of nitrogens with one attached hydrogen (secondary N) is 1. The molecule has 0 radical (unpaired) electrons. The molecular weight excluding hydrogens is 278 g/mol. The summed E-state index contributed by atoms with van der Waals surface area (Å²) in [5, 5.41) is 0. The van der Waals surface area contributed by atoms with Gasteiger partial charge in [-0.1, -0.05) is 6.92 Å². The first-order chi connectivity index (χ1) is 9.49. The average Bonchev–Trinajstić information content (AvgIpc) is 2.47. The summed E-state index contributed by atoms with van der Waals surface area (Å²) in [6.07, 6.45) is 0.919. The molecule has 1 fully saturated rings. The Kier molecular flexibility index (Phi) is 4.52. The number of ether oxygens (including phenoxy) is 1. The second-order valence-corrected chi connectivity index (χ2v) is 6.65. The van der Waals surface area contributed by atoms with Crippen LogP contribution in [0.3, 0.4) is 0 Å². The summed E-state index contributed by atoms with van der Waals surface area (Å²) in [7, 11) is -2.07. The summed E-state index contributed by atoms with van der Waals surface area (Å²) in [5.41, 5.74) is 7.37. The molecular formula is C13H21N3O3S. The topological polar surface area (TPSA) is 84.7 Å². The van der Waals surface area contributed by atoms with Gasteiger partial charge in [-0.05, 0) is 31.7 Å². The van der Waals surface area contributed by atoms with Crippen molar-refractivity contribution in [2.45, 2.75) is 24.3 Å². The second-order valence-electron chi connectivity index (χ2n) is 4.76. The summed E-state index contributed by atoms with van der Waals surface area (Å²) < 4.78 is 31.6. The maximum Gasteiger partial charge on any atom is 0.240 e. The quantitative estimate of drug-likeness (QED) is 0.803. The summed E-state index contributed by atoms with van der Waals surface area (Å²) >= 11 is 0. The molecule has 2 rings (SSSR count). The van der Waals surface area contributed by atoms with Gasteiger partial charge in [-0.3, -0.25) is 0 Å². The Morgan fingerprint density at radius 3 is 2.90 bits per heavy atom. The Hall–Kier alpha value is -1.31. The van der Waals surface area contributed by atoms with Crippen molar-refractivity contribution in [1.29, 1.82) is 0 Å². The molecule has 0 spiro atoms. The van der Waals surface area contributed by atoms with Gasteiger partial charge in [0.15, 0.2) is 0 Å². The van der Waals surface area contributed by atoms with Gasteiger partial charge in [0, 0.05) is 6.54 Å². The first-order valence-corrected chi connectivity index (χ1v) is 8.15. The number of rotatable bonds is 4. The van der Waals surface area contributed by atoms with Crippen LogP contribution in [-0.4, -0.2) is 41.3 Å². The minimum atomic E-state index is -3.46. The van der Waals surface area contributed by atoms with Crippen molar-refractivity contribution in [3.63, 3.8) is 0 Å². The average molecular weight is 299 g/mol. The normalized spacial score (nSPS) is 20.1. The van der Waals surface area contributed by atoms with E-state index in [4.69, 9.17) is 10.5 Å². The Labute approximate surface area is 120 Å². The van der Waals surface area contributed by atoms with Gasteiger partial charge in [-0.2, -0.15) is 0 Å². The number of sulfonamides is 1. The summed E-state index contributed by atoms with van der Waals surface area (Å²) in [5.74, 6) is 0. The molecule has 0 aromatic heterocycles. The van der Waals surface area contributed by atoms with Gasteiger partial charge in [-0.25, -0.2) is 13.1 Å². The lowest BCUT2D eigenvalue weighted by atomic mass is 10.1. The number of anilines is 2. The molecule has 6 nitrogen and oxygen atoms in total. The number of morpholine rings is 1. The van der Waals surface area contributed by atoms with Crippen molar-refractivity contribution in [3.05, 3.63) is 18.2 Å². The highest BCUT2D eigenvalue weighted by Gasteiger charge is 2.24. The van der Waals surface area contributed by atoms with E-state index in [1.165, 1.54) is 13.1 Å². The van der Waals surface area contributed by atoms with E-state index in [9.17, 15) is 8.42 Å². The molecule has 0 saturated carbocycles. The molecule has 1 saturated heterocycles. The van der Waals surface area contributed by atoms with Crippen molar-refractivity contribution >= 4 is 21.4 Å². The summed E-state index contributed by atoms with van der Waals surface area (Å²) in [6.45, 7) is 4.06. The molecule has 1 heterocycles. The fraction of sp³-hybridized carbons (Fsp3) is 0.538. The molecule has 7 heteroatoms. The van der Waals surface area contributed by atoms with E-state index in [2.05, 4.69) is 16.5 Å². The van der Waals surface area contributed by atoms with Crippen LogP contribution in [0.15, 0.2) is 23.1 Å². The van der Waals surface area contributed by atoms with Crippen molar-refractivity contribution in [2.75, 3.05) is 37.4 Å². The number of hydrogen-bond donors (Lipinski definition) is 2. The monoisotopic (exact) mass is 299 g/mol. The lowest BCUT2D eigenvalue weighted by Crippen LogP contribution is -2.45. The van der Waals surface area contributed by atoms with Gasteiger partial charge in [0.2, 0.25) is 10.0 Å². The van der Waals surface area contributed by atoms with Crippen LogP contribution in [-0.2, 0) is 14.8 Å². The third kappa shape index (κ3) is 2.89. The van der Waals surface area contributed by atoms with Gasteiger partial charge in [0.05, 0.1) is 35.5 Å². The standard InChI is InChI=1S/C13H21N3O3S/c1-3-10-9-19-7-6-16(10)13-8-11(4-5-12(13)14)20(17,18)15-2/h4-5,8,10,15H,3,6-7,9,14H2,1-2H3. The predicted molar refractivity (Wildman–Crippen MR) is 79.3 cm³/mol. The summed E-state index contributed by atoms with van der Waals surface area (Å²) in [4.78, 5) is 2.36. The molecule has 3 N–H and O–H groups in total. The number of nitrogens with zero attached hydrogens (tertiary/aromatic N) is 1. The van der Waals surface area contributed by atoms with Crippen LogP contribution in [0.5, 0.6) is 0 Å². The highest BCUT2D eigenvalue weighted by atomic mass is 32.2. The van der Waals surface area contributed by atoms with E-state index < -0.39 is 10.0 Å². The predicted octanol–water partition coefficient (Wildman–Crippen LogP) is 0.792. The Bertz CT molecular complexity index is 574. The minimum Gasteiger partial charge on any atom is -0.397 e. The lowest BCUT2D eigenvalue weighted by molar-refractivity contribution is 0.0930. The lowest BCUT2D eigenvalue weighted by Gasteiger charge is -2.37. The molecule has 1 unspecified atom stereocenters. The molecule has 1 aromatic carbocycles. The van der Waals surface area contributed by atoms with E-state index in [-0.39, 0.29) is 10.9 Å². The van der Waals surface area contributed by atoms with E-state index in [1.807, 2.05) is 0 Å². The van der Waals surface area contributed by atoms with E-state index in [0.29, 0.717) is 25.4 Å². The maximum absolute atomic E-state index is 11.9. The zero-order valence-electron chi connectivity index (χ0n) is 11.8. The first kappa shape index (κ1) is 15.1. The van der Waals surface area contributed by atoms with Crippen LogP contribution < -0.4 is 15.4 Å². The van der Waals surface area contributed by atoms with Crippen LogP contribution in [0.4, 0.5) is 11.4 Å². The number of nitrogen functional groups attached to an aromatic ring is 1. The Balaban J connectivity index is 2.42. The van der Waals surface area contributed by atoms with Crippen molar-refractivity contribution in [3.8, 4) is 0 Å². The van der Waals surface area contributed by atoms with Crippen LogP contribution in [0, 0.1) is 0 Å². The number of nitrogens with two attached hydrogens (primary N) is 1. The SMILES string of the molecule is CCC1COCCN1c1cc(S(=O)(=O)NC)ccc1N. The molecule has 1 aromatic rings. The fourth-order valence-corrected chi connectivity index (χ4v) is 3.12. The van der Waals surface area contributed by atoms with Gasteiger partial charge in [-0.15, -0.1) is 0 Å². The molecule has 0 amide bonds. The van der Waals surface area contributed by atoms with E-state index in [1.54, 1.807) is 12.1 Å². The third-order valence-corrected chi connectivity index (χ3v) is 5.00. The van der Waals surface area contributed by atoms with Crippen LogP contribution in [0.2, 0.25) is 0 Å². The fourth-order valence-electron chi connectivity index (χ4n) is 2.37. The molecule has 112 valence electrons. The number of benzene rings is 1. The third-order valence-electron chi connectivity index (χ3n) is 3.59. The zero-order chi connectivity index (χ0) is 14.8. The highest BCUT2D eigenvalue weighted by molar-refractivity contribution is 7.89. The van der Waals surface area contributed by atoms with E-state index >= 15 is 0 Å². The highest BCUT2D eigenvalue weighted by Crippen LogP contribution is 2.30. The zero-order valence-corrected chi connectivity index (χ0v) is 12.6. The van der Waals surface area contributed by atoms with Crippen LogP contribution in [0.1, 0.15) is 13.3 Å². The largest absolute Gasteiger partial charge is 0.397 e. The molecule has 0 aliphatic carbocycles. The smallest absolute Gasteiger partial charge is 0.240 e. The van der Waals surface area contributed by atoms with E-state index in [0.717, 1.165) is 12.1 Å². The van der Waals surface area contributed by atoms with Gasteiger partial charge < -0.3 is 15.4 Å². The van der Waals surface area contributed by atoms with Gasteiger partial charge in [0.1, 0.15) is 0 Å². The molecule has 1 aliphatic heterocycles. The number of hydrogen-bond acceptors (Lipinski definition) is 5. The van der Waals surface area contributed by atoms with Gasteiger partial charge >= 0.3 is 0 Å². The van der Waals surface area contributed by atoms with Crippen molar-refractivity contribution in [1.82, 2.24) is 4.72 Å². The first-order valence-electron chi connectivity index (χ1n) is 6.67. The van der Waals surface area contributed by atoms with Gasteiger partial charge in [0.25, 0.3) is 0 Å². The maximum atomic E-state index is 11.9.